The molecule has 0 aliphatic heterocycles. The maximum absolute atomic E-state index is 4.25. The van der Waals surface area contributed by atoms with Crippen LogP contribution in [0.4, 0.5) is 0 Å². The lowest BCUT2D eigenvalue weighted by molar-refractivity contribution is 0.805. The van der Waals surface area contributed by atoms with Crippen molar-refractivity contribution in [3.05, 3.63) is 36.3 Å². The van der Waals surface area contributed by atoms with Crippen molar-refractivity contribution >= 4 is 5.65 Å². The van der Waals surface area contributed by atoms with Crippen LogP contribution < -0.4 is 0 Å². The second kappa shape index (κ2) is 2.63. The molecule has 0 radical (unpaired) electrons. The highest BCUT2D eigenvalue weighted by Crippen LogP contribution is 2.16. The molecule has 0 aliphatic rings. The van der Waals surface area contributed by atoms with E-state index in [0.717, 1.165) is 5.65 Å². The lowest BCUT2D eigenvalue weighted by Gasteiger charge is -2.04. The molecule has 0 aliphatic carbocycles. The molecule has 2 aromatic rings. The van der Waals surface area contributed by atoms with Crippen molar-refractivity contribution in [3.8, 4) is 0 Å². The summed E-state index contributed by atoms with van der Waals surface area (Å²) in [5.41, 5.74) is 2.35. The minimum atomic E-state index is 0.552. The van der Waals surface area contributed by atoms with E-state index in [4.69, 9.17) is 0 Å². The summed E-state index contributed by atoms with van der Waals surface area (Å²) in [7, 11) is 0. The van der Waals surface area contributed by atoms with E-state index in [1.807, 2.05) is 12.3 Å². The Kier molecular flexibility index (Phi) is 1.61. The van der Waals surface area contributed by atoms with Crippen molar-refractivity contribution in [2.75, 3.05) is 0 Å². The zero-order valence-corrected chi connectivity index (χ0v) is 7.36. The molecule has 0 bridgehead atoms. The van der Waals surface area contributed by atoms with Gasteiger partial charge in [0, 0.05) is 18.1 Å². The summed E-state index contributed by atoms with van der Waals surface area (Å²) in [6.45, 7) is 4.38. The first kappa shape index (κ1) is 7.35. The average Bonchev–Trinajstić information content (AvgIpc) is 2.47. The van der Waals surface area contributed by atoms with Gasteiger partial charge in [0.25, 0.3) is 0 Å². The monoisotopic (exact) mass is 160 g/mol. The minimum absolute atomic E-state index is 0.552. The van der Waals surface area contributed by atoms with Gasteiger partial charge < -0.3 is 4.40 Å². The number of nitrogens with zero attached hydrogens (tertiary/aromatic N) is 2. The zero-order chi connectivity index (χ0) is 8.55. The first-order chi connectivity index (χ1) is 5.79. The van der Waals surface area contributed by atoms with Crippen molar-refractivity contribution in [2.24, 2.45) is 0 Å². The van der Waals surface area contributed by atoms with Crippen molar-refractivity contribution < 1.29 is 0 Å². The summed E-state index contributed by atoms with van der Waals surface area (Å²) in [5, 5.41) is 0. The summed E-state index contributed by atoms with van der Waals surface area (Å²) in [6.07, 6.45) is 3.87. The Hall–Kier alpha value is -1.31. The summed E-state index contributed by atoms with van der Waals surface area (Å²) in [6, 6.07) is 6.14. The lowest BCUT2D eigenvalue weighted by atomic mass is 10.1. The van der Waals surface area contributed by atoms with Gasteiger partial charge in [-0.3, -0.25) is 0 Å². The number of fused-ring (bicyclic) bond motifs is 1. The van der Waals surface area contributed by atoms with E-state index >= 15 is 0 Å². The van der Waals surface area contributed by atoms with Crippen LogP contribution in [0.2, 0.25) is 0 Å². The van der Waals surface area contributed by atoms with Gasteiger partial charge in [-0.15, -0.1) is 0 Å². The predicted molar refractivity (Wildman–Crippen MR) is 49.3 cm³/mol. The third-order valence-electron chi connectivity index (χ3n) is 2.05. The topological polar surface area (TPSA) is 17.3 Å². The van der Waals surface area contributed by atoms with Crippen molar-refractivity contribution in [1.82, 2.24) is 9.38 Å². The summed E-state index contributed by atoms with van der Waals surface area (Å²) < 4.78 is 2.13. The highest BCUT2D eigenvalue weighted by atomic mass is 15.0. The Balaban J connectivity index is 2.70. The first-order valence-corrected chi connectivity index (χ1v) is 4.21. The average molecular weight is 160 g/mol. The molecule has 0 spiro atoms. The first-order valence-electron chi connectivity index (χ1n) is 4.21. The maximum atomic E-state index is 4.25. The lowest BCUT2D eigenvalue weighted by Crippen LogP contribution is -1.94. The SMILES string of the molecule is CC(C)c1ccc2ncccn12. The van der Waals surface area contributed by atoms with E-state index in [-0.39, 0.29) is 0 Å². The van der Waals surface area contributed by atoms with Crippen LogP contribution in [0.15, 0.2) is 30.6 Å². The molecule has 0 saturated heterocycles. The van der Waals surface area contributed by atoms with Crippen molar-refractivity contribution in [2.45, 2.75) is 19.8 Å². The Labute approximate surface area is 71.9 Å². The zero-order valence-electron chi connectivity index (χ0n) is 7.36. The molecule has 0 saturated carbocycles. The summed E-state index contributed by atoms with van der Waals surface area (Å²) >= 11 is 0. The van der Waals surface area contributed by atoms with Crippen LogP contribution in [0.3, 0.4) is 0 Å². The molecule has 2 heterocycles. The molecule has 0 unspecified atom stereocenters. The van der Waals surface area contributed by atoms with Crippen molar-refractivity contribution in [1.29, 1.82) is 0 Å². The molecule has 0 amide bonds. The number of aromatic nitrogens is 2. The normalized spacial score (nSPS) is 11.2. The smallest absolute Gasteiger partial charge is 0.136 e. The fourth-order valence-corrected chi connectivity index (χ4v) is 1.44. The van der Waals surface area contributed by atoms with Crippen LogP contribution >= 0.6 is 0 Å². The Morgan fingerprint density at radius 2 is 2.17 bits per heavy atom. The van der Waals surface area contributed by atoms with E-state index < -0.39 is 0 Å². The quantitative estimate of drug-likeness (QED) is 0.626. The third kappa shape index (κ3) is 0.998. The Bertz CT molecular complexity index is 387. The van der Waals surface area contributed by atoms with Gasteiger partial charge in [-0.1, -0.05) is 13.8 Å². The minimum Gasteiger partial charge on any atom is -0.305 e. The van der Waals surface area contributed by atoms with E-state index in [2.05, 4.69) is 41.6 Å². The molecule has 2 rings (SSSR count). The van der Waals surface area contributed by atoms with E-state index in [0.29, 0.717) is 5.92 Å². The summed E-state index contributed by atoms with van der Waals surface area (Å²) in [4.78, 5) is 4.25. The van der Waals surface area contributed by atoms with Gasteiger partial charge in [0.2, 0.25) is 0 Å². The van der Waals surface area contributed by atoms with Crippen LogP contribution in [0.5, 0.6) is 0 Å². The number of hydrogen-bond acceptors (Lipinski definition) is 1. The van der Waals surface area contributed by atoms with Crippen molar-refractivity contribution in [3.63, 3.8) is 0 Å². The van der Waals surface area contributed by atoms with E-state index in [1.54, 1.807) is 0 Å². The second-order valence-electron chi connectivity index (χ2n) is 3.26. The fraction of sp³-hybridized carbons (Fsp3) is 0.300. The third-order valence-corrected chi connectivity index (χ3v) is 2.05. The molecule has 12 heavy (non-hydrogen) atoms. The maximum Gasteiger partial charge on any atom is 0.136 e. The van der Waals surface area contributed by atoms with Gasteiger partial charge >= 0.3 is 0 Å². The molecule has 0 aromatic carbocycles. The van der Waals surface area contributed by atoms with Gasteiger partial charge in [0.1, 0.15) is 5.65 Å². The number of hydrogen-bond donors (Lipinski definition) is 0. The van der Waals surface area contributed by atoms with Gasteiger partial charge in [0.15, 0.2) is 0 Å². The number of rotatable bonds is 1. The molecule has 0 N–H and O–H groups in total. The molecule has 2 heteroatoms. The van der Waals surface area contributed by atoms with Gasteiger partial charge in [0.05, 0.1) is 0 Å². The standard InChI is InChI=1S/C10H12N2/c1-8(2)9-4-5-10-11-6-3-7-12(9)10/h3-8H,1-2H3. The molecule has 62 valence electrons. The molecular weight excluding hydrogens is 148 g/mol. The summed E-state index contributed by atoms with van der Waals surface area (Å²) in [5.74, 6) is 0.552. The molecular formula is C10H12N2. The van der Waals surface area contributed by atoms with Gasteiger partial charge in [-0.2, -0.15) is 0 Å². The molecule has 0 fully saturated rings. The van der Waals surface area contributed by atoms with E-state index in [1.165, 1.54) is 5.69 Å². The van der Waals surface area contributed by atoms with Crippen LogP contribution in [0.25, 0.3) is 5.65 Å². The largest absolute Gasteiger partial charge is 0.305 e. The molecule has 2 aromatic heterocycles. The fourth-order valence-electron chi connectivity index (χ4n) is 1.44. The second-order valence-corrected chi connectivity index (χ2v) is 3.26. The highest BCUT2D eigenvalue weighted by Gasteiger charge is 2.04. The predicted octanol–water partition coefficient (Wildman–Crippen LogP) is 2.46. The van der Waals surface area contributed by atoms with Crippen LogP contribution in [0, 0.1) is 0 Å². The Morgan fingerprint density at radius 1 is 1.33 bits per heavy atom. The van der Waals surface area contributed by atoms with Crippen LogP contribution in [-0.2, 0) is 0 Å². The molecule has 0 atom stereocenters. The van der Waals surface area contributed by atoms with Gasteiger partial charge in [-0.05, 0) is 24.1 Å². The van der Waals surface area contributed by atoms with Gasteiger partial charge in [-0.25, -0.2) is 4.98 Å². The van der Waals surface area contributed by atoms with Crippen LogP contribution in [0.1, 0.15) is 25.5 Å². The highest BCUT2D eigenvalue weighted by molar-refractivity contribution is 5.41. The molecule has 2 nitrogen and oxygen atoms in total. The van der Waals surface area contributed by atoms with Crippen LogP contribution in [-0.4, -0.2) is 9.38 Å². The van der Waals surface area contributed by atoms with E-state index in [9.17, 15) is 0 Å². The Morgan fingerprint density at radius 3 is 2.92 bits per heavy atom.